The quantitative estimate of drug-likeness (QED) is 0.114. The van der Waals surface area contributed by atoms with Crippen LogP contribution in [0, 0.1) is 0 Å². The van der Waals surface area contributed by atoms with E-state index < -0.39 is 0 Å². The number of nitrogens with zero attached hydrogens (tertiary/aromatic N) is 2. The first-order chi connectivity index (χ1) is 19.9. The molecule has 8 nitrogen and oxygen atoms in total. The molecule has 0 saturated carbocycles. The van der Waals surface area contributed by atoms with Crippen LogP contribution in [0.5, 0.6) is 11.5 Å². The van der Waals surface area contributed by atoms with E-state index in [1.807, 2.05) is 63.2 Å². The first kappa shape index (κ1) is 30.6. The van der Waals surface area contributed by atoms with E-state index in [4.69, 9.17) is 18.9 Å². The molecule has 1 heterocycles. The Morgan fingerprint density at radius 1 is 0.805 bits per heavy atom. The van der Waals surface area contributed by atoms with Crippen molar-refractivity contribution in [1.29, 1.82) is 0 Å². The van der Waals surface area contributed by atoms with Crippen molar-refractivity contribution in [3.8, 4) is 11.5 Å². The number of methoxy groups -OCH3 is 3. The average molecular weight is 613 g/mol. The summed E-state index contributed by atoms with van der Waals surface area (Å²) in [6, 6.07) is 21.6. The molecule has 0 saturated heterocycles. The van der Waals surface area contributed by atoms with Gasteiger partial charge in [0.05, 0.1) is 27.9 Å². The Labute approximate surface area is 252 Å². The fourth-order valence-electron chi connectivity index (χ4n) is 3.92. The Kier molecular flexibility index (Phi) is 11.2. The van der Waals surface area contributed by atoms with E-state index >= 15 is 0 Å². The van der Waals surface area contributed by atoms with E-state index in [2.05, 4.69) is 17.5 Å². The second-order valence-corrected chi connectivity index (χ2v) is 11.9. The van der Waals surface area contributed by atoms with Gasteiger partial charge in [-0.3, -0.25) is 9.59 Å². The van der Waals surface area contributed by atoms with Crippen LogP contribution in [0.2, 0.25) is 0 Å². The highest BCUT2D eigenvalue weighted by Crippen LogP contribution is 2.36. The van der Waals surface area contributed by atoms with Crippen molar-refractivity contribution < 1.29 is 28.5 Å². The van der Waals surface area contributed by atoms with Gasteiger partial charge in [0.15, 0.2) is 0 Å². The summed E-state index contributed by atoms with van der Waals surface area (Å²) in [7, 11) is 4.65. The van der Waals surface area contributed by atoms with Gasteiger partial charge in [0.1, 0.15) is 24.6 Å². The van der Waals surface area contributed by atoms with Gasteiger partial charge in [-0.05, 0) is 114 Å². The van der Waals surface area contributed by atoms with Crippen molar-refractivity contribution in [1.82, 2.24) is 4.31 Å². The van der Waals surface area contributed by atoms with Crippen LogP contribution in [0.1, 0.15) is 12.5 Å². The number of ether oxygens (including phenoxy) is 4. The Morgan fingerprint density at radius 2 is 1.44 bits per heavy atom. The third kappa shape index (κ3) is 8.56. The van der Waals surface area contributed by atoms with Crippen molar-refractivity contribution in [3.05, 3.63) is 77.7 Å². The lowest BCUT2D eigenvalue weighted by atomic mass is 10.1. The summed E-state index contributed by atoms with van der Waals surface area (Å²) in [4.78, 5) is 26.7. The van der Waals surface area contributed by atoms with Crippen LogP contribution in [-0.2, 0) is 25.6 Å². The van der Waals surface area contributed by atoms with E-state index in [1.54, 1.807) is 32.5 Å². The third-order valence-electron chi connectivity index (χ3n) is 5.95. The zero-order valence-electron chi connectivity index (χ0n) is 23.3. The van der Waals surface area contributed by atoms with Crippen molar-refractivity contribution in [2.24, 2.45) is 0 Å². The number of fused-ring (bicyclic) bond motifs is 1. The number of rotatable bonds is 14. The van der Waals surface area contributed by atoms with Gasteiger partial charge in [0, 0.05) is 26.7 Å². The predicted octanol–water partition coefficient (Wildman–Crippen LogP) is 6.68. The lowest BCUT2D eigenvalue weighted by Crippen LogP contribution is -2.25. The molecule has 4 aromatic rings. The van der Waals surface area contributed by atoms with Crippen LogP contribution in [-0.4, -0.2) is 57.3 Å². The van der Waals surface area contributed by atoms with Gasteiger partial charge in [0.25, 0.3) is 0 Å². The van der Waals surface area contributed by atoms with Crippen LogP contribution < -0.4 is 13.8 Å². The molecule has 216 valence electrons. The maximum Gasteiger partial charge on any atom is 0.326 e. The SMILES string of the molecule is CCOC(=O)CN(Sc1ccc(OC)cc1)c1ccc2scc(CN(CC(=O)OC)Sc3ccc(OC)cc3)c2c1. The molecule has 1 aromatic heterocycles. The summed E-state index contributed by atoms with van der Waals surface area (Å²) in [5, 5.41) is 3.17. The molecule has 0 N–H and O–H groups in total. The zero-order valence-corrected chi connectivity index (χ0v) is 25.8. The number of benzene rings is 3. The van der Waals surface area contributed by atoms with Crippen molar-refractivity contribution in [2.45, 2.75) is 23.3 Å². The van der Waals surface area contributed by atoms with Gasteiger partial charge >= 0.3 is 11.9 Å². The summed E-state index contributed by atoms with van der Waals surface area (Å²) >= 11 is 4.58. The third-order valence-corrected chi connectivity index (χ3v) is 9.01. The van der Waals surface area contributed by atoms with Crippen LogP contribution in [0.4, 0.5) is 5.69 Å². The number of carbonyl (C=O) groups is 2. The summed E-state index contributed by atoms with van der Waals surface area (Å²) < 4.78 is 25.8. The first-order valence-corrected chi connectivity index (χ1v) is 15.2. The monoisotopic (exact) mass is 612 g/mol. The minimum absolute atomic E-state index is 0.0807. The van der Waals surface area contributed by atoms with E-state index in [1.165, 1.54) is 31.0 Å². The van der Waals surface area contributed by atoms with Gasteiger partial charge in [-0.15, -0.1) is 11.3 Å². The van der Waals surface area contributed by atoms with E-state index in [9.17, 15) is 9.59 Å². The van der Waals surface area contributed by atoms with Gasteiger partial charge in [-0.2, -0.15) is 0 Å². The molecule has 0 aliphatic rings. The van der Waals surface area contributed by atoms with Crippen molar-refractivity contribution >= 4 is 62.9 Å². The van der Waals surface area contributed by atoms with Gasteiger partial charge in [-0.1, -0.05) is 0 Å². The van der Waals surface area contributed by atoms with Crippen LogP contribution in [0.15, 0.2) is 81.9 Å². The molecule has 3 aromatic carbocycles. The molecule has 0 bridgehead atoms. The minimum atomic E-state index is -0.317. The molecule has 0 unspecified atom stereocenters. The molecule has 11 heteroatoms. The van der Waals surface area contributed by atoms with Gasteiger partial charge in [0.2, 0.25) is 0 Å². The van der Waals surface area contributed by atoms with E-state index in [0.717, 1.165) is 42.6 Å². The molecular weight excluding hydrogens is 581 g/mol. The normalized spacial score (nSPS) is 11.0. The number of thiophene rings is 1. The number of hydrogen-bond donors (Lipinski definition) is 0. The van der Waals surface area contributed by atoms with Crippen LogP contribution >= 0.6 is 35.2 Å². The fourth-order valence-corrected chi connectivity index (χ4v) is 6.68. The predicted molar refractivity (Wildman–Crippen MR) is 166 cm³/mol. The summed E-state index contributed by atoms with van der Waals surface area (Å²) in [6.07, 6.45) is 0. The lowest BCUT2D eigenvalue weighted by molar-refractivity contribution is -0.141. The highest BCUT2D eigenvalue weighted by Gasteiger charge is 2.19. The number of carbonyl (C=O) groups excluding carboxylic acids is 2. The molecular formula is C30H32N2O6S3. The number of anilines is 1. The summed E-state index contributed by atoms with van der Waals surface area (Å²) in [5.41, 5.74) is 1.94. The smallest absolute Gasteiger partial charge is 0.326 e. The van der Waals surface area contributed by atoms with Gasteiger partial charge < -0.3 is 23.3 Å². The zero-order chi connectivity index (χ0) is 29.2. The molecule has 41 heavy (non-hydrogen) atoms. The Bertz CT molecular complexity index is 1440. The van der Waals surface area contributed by atoms with Gasteiger partial charge in [-0.25, -0.2) is 4.31 Å². The fraction of sp³-hybridized carbons (Fsp3) is 0.267. The maximum atomic E-state index is 12.5. The standard InChI is InChI=1S/C30H32N2O6S3/c1-5-38-30(34)19-32(41-26-13-9-24(36-3)10-14-26)22-6-15-28-27(16-22)21(20-39-28)17-31(18-29(33)37-4)40-25-11-7-23(35-2)8-12-25/h6-16,20H,5,17-19H2,1-4H3. The average Bonchev–Trinajstić information content (AvgIpc) is 3.39. The Hall–Kier alpha value is -3.38. The summed E-state index contributed by atoms with van der Waals surface area (Å²) in [6.45, 7) is 2.82. The molecule has 0 amide bonds. The van der Waals surface area contributed by atoms with E-state index in [0.29, 0.717) is 13.2 Å². The number of hydrogen-bond acceptors (Lipinski definition) is 11. The summed E-state index contributed by atoms with van der Waals surface area (Å²) in [5.74, 6) is 0.909. The molecule has 0 aliphatic heterocycles. The van der Waals surface area contributed by atoms with Crippen molar-refractivity contribution in [2.75, 3.05) is 45.3 Å². The highest BCUT2D eigenvalue weighted by molar-refractivity contribution is 8.00. The Morgan fingerprint density at radius 3 is 2.02 bits per heavy atom. The first-order valence-electron chi connectivity index (χ1n) is 12.8. The molecule has 4 rings (SSSR count). The van der Waals surface area contributed by atoms with Crippen LogP contribution in [0.3, 0.4) is 0 Å². The minimum Gasteiger partial charge on any atom is -0.497 e. The second-order valence-electron chi connectivity index (χ2n) is 8.69. The molecule has 0 fully saturated rings. The second kappa shape index (κ2) is 15.0. The highest BCUT2D eigenvalue weighted by atomic mass is 32.2. The molecule has 0 atom stereocenters. The molecule has 0 spiro atoms. The lowest BCUT2D eigenvalue weighted by Gasteiger charge is -2.23. The largest absolute Gasteiger partial charge is 0.497 e. The maximum absolute atomic E-state index is 12.5. The number of esters is 2. The van der Waals surface area contributed by atoms with Crippen molar-refractivity contribution in [3.63, 3.8) is 0 Å². The van der Waals surface area contributed by atoms with E-state index in [-0.39, 0.29) is 25.0 Å². The molecule has 0 aliphatic carbocycles. The topological polar surface area (TPSA) is 77.5 Å². The van der Waals surface area contributed by atoms with Crippen LogP contribution in [0.25, 0.3) is 10.1 Å². The Balaban J connectivity index is 1.61. The molecule has 0 radical (unpaired) electrons.